The number of aliphatic carboxylic acids is 1. The van der Waals surface area contributed by atoms with Crippen LogP contribution in [0.15, 0.2) is 0 Å². The second-order valence-corrected chi connectivity index (χ2v) is 6.31. The van der Waals surface area contributed by atoms with Crippen molar-refractivity contribution in [1.29, 1.82) is 0 Å². The molecule has 1 aliphatic carbocycles. The van der Waals surface area contributed by atoms with Crippen molar-refractivity contribution >= 4 is 12.0 Å². The van der Waals surface area contributed by atoms with Crippen LogP contribution in [-0.2, 0) is 4.79 Å². The van der Waals surface area contributed by atoms with Crippen molar-refractivity contribution in [3.8, 4) is 0 Å². The molecule has 1 saturated heterocycles. The molecule has 0 aromatic heterocycles. The highest BCUT2D eigenvalue weighted by Crippen LogP contribution is 2.29. The predicted molar refractivity (Wildman–Crippen MR) is 73.3 cm³/mol. The monoisotopic (exact) mass is 284 g/mol. The Morgan fingerprint density at radius 3 is 2.45 bits per heavy atom. The maximum absolute atomic E-state index is 12.2. The molecule has 1 saturated carbocycles. The number of β-amino-alcohol motifs (C(OH)–C–C–N with tert-alkyl or cyclic N) is 1. The summed E-state index contributed by atoms with van der Waals surface area (Å²) in [4.78, 5) is 24.6. The zero-order chi connectivity index (χ0) is 14.9. The molecular weight excluding hydrogens is 260 g/mol. The van der Waals surface area contributed by atoms with Crippen molar-refractivity contribution in [3.05, 3.63) is 0 Å². The van der Waals surface area contributed by atoms with Gasteiger partial charge in [-0.05, 0) is 31.1 Å². The molecule has 5 atom stereocenters. The van der Waals surface area contributed by atoms with Gasteiger partial charge in [-0.15, -0.1) is 0 Å². The van der Waals surface area contributed by atoms with Crippen molar-refractivity contribution in [2.45, 2.75) is 57.7 Å². The quantitative estimate of drug-likeness (QED) is 0.707. The van der Waals surface area contributed by atoms with Gasteiger partial charge in [0.2, 0.25) is 0 Å². The first-order valence-corrected chi connectivity index (χ1v) is 7.36. The SMILES string of the molecule is CC1CCC(NC(=O)N2CC(O)CC2C(=O)O)CC1C. The summed E-state index contributed by atoms with van der Waals surface area (Å²) >= 11 is 0. The fraction of sp³-hybridized carbons (Fsp3) is 0.857. The lowest BCUT2D eigenvalue weighted by atomic mass is 9.79. The van der Waals surface area contributed by atoms with E-state index in [1.807, 2.05) is 0 Å². The van der Waals surface area contributed by atoms with Crippen LogP contribution in [-0.4, -0.2) is 51.8 Å². The summed E-state index contributed by atoms with van der Waals surface area (Å²) in [5.74, 6) is 0.180. The third-order valence-electron chi connectivity index (χ3n) is 4.75. The van der Waals surface area contributed by atoms with Crippen LogP contribution < -0.4 is 5.32 Å². The third kappa shape index (κ3) is 3.23. The van der Waals surface area contributed by atoms with Crippen molar-refractivity contribution < 1.29 is 19.8 Å². The zero-order valence-electron chi connectivity index (χ0n) is 12.1. The molecule has 0 spiro atoms. The van der Waals surface area contributed by atoms with Crippen LogP contribution in [0.4, 0.5) is 4.79 Å². The van der Waals surface area contributed by atoms with Gasteiger partial charge in [0.25, 0.3) is 0 Å². The number of urea groups is 1. The molecule has 2 rings (SSSR count). The van der Waals surface area contributed by atoms with E-state index in [0.29, 0.717) is 11.8 Å². The Bertz CT molecular complexity index is 387. The van der Waals surface area contributed by atoms with Gasteiger partial charge in [-0.25, -0.2) is 9.59 Å². The van der Waals surface area contributed by atoms with Gasteiger partial charge in [0.1, 0.15) is 6.04 Å². The summed E-state index contributed by atoms with van der Waals surface area (Å²) < 4.78 is 0. The van der Waals surface area contributed by atoms with Crippen LogP contribution >= 0.6 is 0 Å². The number of nitrogens with zero attached hydrogens (tertiary/aromatic N) is 1. The number of amides is 2. The number of hydrogen-bond acceptors (Lipinski definition) is 3. The Balaban J connectivity index is 1.92. The van der Waals surface area contributed by atoms with Crippen LogP contribution in [0.1, 0.15) is 39.5 Å². The topological polar surface area (TPSA) is 89.9 Å². The highest BCUT2D eigenvalue weighted by atomic mass is 16.4. The smallest absolute Gasteiger partial charge is 0.326 e. The lowest BCUT2D eigenvalue weighted by Crippen LogP contribution is -2.50. The van der Waals surface area contributed by atoms with Gasteiger partial charge in [0.15, 0.2) is 0 Å². The molecule has 2 aliphatic rings. The summed E-state index contributed by atoms with van der Waals surface area (Å²) in [6, 6.07) is -1.16. The Morgan fingerprint density at radius 1 is 1.15 bits per heavy atom. The minimum atomic E-state index is -1.05. The molecule has 114 valence electrons. The van der Waals surface area contributed by atoms with E-state index in [-0.39, 0.29) is 25.0 Å². The van der Waals surface area contributed by atoms with E-state index < -0.39 is 18.1 Å². The van der Waals surface area contributed by atoms with Gasteiger partial charge in [-0.1, -0.05) is 13.8 Å². The Hall–Kier alpha value is -1.30. The molecular formula is C14H24N2O4. The largest absolute Gasteiger partial charge is 0.480 e. The standard InChI is InChI=1S/C14H24N2O4/c1-8-3-4-10(5-9(8)2)15-14(20)16-7-11(17)6-12(16)13(18)19/h8-12,17H,3-7H2,1-2H3,(H,15,20)(H,18,19). The number of carbonyl (C=O) groups is 2. The molecule has 6 heteroatoms. The molecule has 0 aromatic carbocycles. The van der Waals surface area contributed by atoms with Gasteiger partial charge in [0, 0.05) is 19.0 Å². The van der Waals surface area contributed by atoms with E-state index in [4.69, 9.17) is 5.11 Å². The van der Waals surface area contributed by atoms with Gasteiger partial charge >= 0.3 is 12.0 Å². The number of aliphatic hydroxyl groups is 1. The van der Waals surface area contributed by atoms with Gasteiger partial charge in [-0.3, -0.25) is 0 Å². The minimum Gasteiger partial charge on any atom is -0.480 e. The normalized spacial score (nSPS) is 37.8. The number of likely N-dealkylation sites (tertiary alicyclic amines) is 1. The number of carboxylic acids is 1. The summed E-state index contributed by atoms with van der Waals surface area (Å²) in [6.45, 7) is 4.50. The fourth-order valence-corrected chi connectivity index (χ4v) is 3.21. The van der Waals surface area contributed by atoms with E-state index in [2.05, 4.69) is 19.2 Å². The van der Waals surface area contributed by atoms with Gasteiger partial charge in [0.05, 0.1) is 6.10 Å². The molecule has 5 unspecified atom stereocenters. The first kappa shape index (κ1) is 15.1. The highest BCUT2D eigenvalue weighted by Gasteiger charge is 2.39. The second-order valence-electron chi connectivity index (χ2n) is 6.31. The van der Waals surface area contributed by atoms with Crippen LogP contribution in [0, 0.1) is 11.8 Å². The second kappa shape index (κ2) is 5.99. The van der Waals surface area contributed by atoms with Crippen LogP contribution in [0.3, 0.4) is 0 Å². The summed E-state index contributed by atoms with van der Waals surface area (Å²) in [5.41, 5.74) is 0. The number of rotatable bonds is 2. The molecule has 3 N–H and O–H groups in total. The van der Waals surface area contributed by atoms with E-state index in [0.717, 1.165) is 19.3 Å². The Morgan fingerprint density at radius 2 is 1.85 bits per heavy atom. The number of hydrogen-bond donors (Lipinski definition) is 3. The third-order valence-corrected chi connectivity index (χ3v) is 4.75. The van der Waals surface area contributed by atoms with Crippen molar-refractivity contribution in [2.75, 3.05) is 6.54 Å². The molecule has 1 aliphatic heterocycles. The lowest BCUT2D eigenvalue weighted by Gasteiger charge is -2.34. The zero-order valence-corrected chi connectivity index (χ0v) is 12.1. The van der Waals surface area contributed by atoms with Crippen molar-refractivity contribution in [2.24, 2.45) is 11.8 Å². The molecule has 1 heterocycles. The van der Waals surface area contributed by atoms with E-state index in [1.165, 1.54) is 4.90 Å². The first-order valence-electron chi connectivity index (χ1n) is 7.36. The summed E-state index contributed by atoms with van der Waals surface area (Å²) in [7, 11) is 0. The summed E-state index contributed by atoms with van der Waals surface area (Å²) in [5, 5.41) is 21.6. The number of carboxylic acid groups (broad SMARTS) is 1. The van der Waals surface area contributed by atoms with E-state index >= 15 is 0 Å². The fourth-order valence-electron chi connectivity index (χ4n) is 3.21. The highest BCUT2D eigenvalue weighted by molar-refractivity contribution is 5.83. The first-order chi connectivity index (χ1) is 9.38. The van der Waals surface area contributed by atoms with Gasteiger partial charge < -0.3 is 20.4 Å². The molecule has 6 nitrogen and oxygen atoms in total. The molecule has 0 aromatic rings. The van der Waals surface area contributed by atoms with Crippen LogP contribution in [0.2, 0.25) is 0 Å². The lowest BCUT2D eigenvalue weighted by molar-refractivity contribution is -0.141. The molecule has 2 amide bonds. The van der Waals surface area contributed by atoms with E-state index in [1.54, 1.807) is 0 Å². The van der Waals surface area contributed by atoms with Gasteiger partial charge in [-0.2, -0.15) is 0 Å². The van der Waals surface area contributed by atoms with Crippen molar-refractivity contribution in [3.63, 3.8) is 0 Å². The molecule has 20 heavy (non-hydrogen) atoms. The molecule has 0 bridgehead atoms. The Kier molecular flexibility index (Phi) is 4.52. The maximum Gasteiger partial charge on any atom is 0.326 e. The summed E-state index contributed by atoms with van der Waals surface area (Å²) in [6.07, 6.45) is 2.32. The molecule has 2 fully saturated rings. The van der Waals surface area contributed by atoms with Crippen molar-refractivity contribution in [1.82, 2.24) is 10.2 Å². The average Bonchev–Trinajstić information content (AvgIpc) is 2.76. The van der Waals surface area contributed by atoms with E-state index in [9.17, 15) is 14.7 Å². The Labute approximate surface area is 119 Å². The van der Waals surface area contributed by atoms with Crippen LogP contribution in [0.5, 0.6) is 0 Å². The van der Waals surface area contributed by atoms with Crippen LogP contribution in [0.25, 0.3) is 0 Å². The molecule has 0 radical (unpaired) electrons. The maximum atomic E-state index is 12.2. The number of aliphatic hydroxyl groups excluding tert-OH is 1. The average molecular weight is 284 g/mol. The number of nitrogens with one attached hydrogen (secondary N) is 1. The predicted octanol–water partition coefficient (Wildman–Crippen LogP) is 1.04. The number of carbonyl (C=O) groups excluding carboxylic acids is 1. The minimum absolute atomic E-state index is 0.0987.